The van der Waals surface area contributed by atoms with E-state index in [9.17, 15) is 4.79 Å². The van der Waals surface area contributed by atoms with E-state index in [-0.39, 0.29) is 26.7 Å². The van der Waals surface area contributed by atoms with Gasteiger partial charge >= 0.3 is 145 Å². The Hall–Kier alpha value is -2.56. The van der Waals surface area contributed by atoms with E-state index in [1.54, 1.807) is 25.3 Å². The fraction of sp³-hybridized carbons (Fsp3) is 0.111. The molecular formula is C18H15NO4Se. The molecule has 0 aliphatic heterocycles. The van der Waals surface area contributed by atoms with Gasteiger partial charge in [-0.2, -0.15) is 0 Å². The molecule has 0 fully saturated rings. The Morgan fingerprint density at radius 3 is 2.62 bits per heavy atom. The Balaban J connectivity index is 1.71. The molecule has 0 unspecified atom stereocenters. The van der Waals surface area contributed by atoms with Gasteiger partial charge in [0.15, 0.2) is 0 Å². The van der Waals surface area contributed by atoms with Crippen LogP contribution in [-0.2, 0) is 6.61 Å². The number of ether oxygens (including phenoxy) is 2. The fourth-order valence-corrected chi connectivity index (χ4v) is 3.86. The van der Waals surface area contributed by atoms with Crippen molar-refractivity contribution in [1.82, 2.24) is 4.98 Å². The molecule has 24 heavy (non-hydrogen) atoms. The summed E-state index contributed by atoms with van der Waals surface area (Å²) < 4.78 is 11.8. The average Bonchev–Trinajstić information content (AvgIpc) is 3.09. The molecule has 3 rings (SSSR count). The molecule has 1 aromatic heterocycles. The zero-order valence-corrected chi connectivity index (χ0v) is 14.6. The normalized spacial score (nSPS) is 10.4. The summed E-state index contributed by atoms with van der Waals surface area (Å²) in [5, 5.41) is 9.16. The van der Waals surface area contributed by atoms with Crippen molar-refractivity contribution in [3.8, 4) is 21.6 Å². The number of carboxylic acids is 1. The number of para-hydroxylation sites is 1. The number of hydrogen-bond donors (Lipinski definition) is 1. The zero-order valence-electron chi connectivity index (χ0n) is 12.9. The Bertz CT molecular complexity index is 842. The van der Waals surface area contributed by atoms with Crippen LogP contribution in [0.25, 0.3) is 10.1 Å². The van der Waals surface area contributed by atoms with Gasteiger partial charge in [-0.25, -0.2) is 0 Å². The first-order chi connectivity index (χ1) is 11.7. The molecule has 0 atom stereocenters. The average molecular weight is 388 g/mol. The number of methoxy groups -OCH3 is 1. The van der Waals surface area contributed by atoms with E-state index in [1.165, 1.54) is 6.07 Å². The molecule has 122 valence electrons. The molecule has 2 aromatic carbocycles. The van der Waals surface area contributed by atoms with Crippen molar-refractivity contribution in [1.29, 1.82) is 0 Å². The second-order valence-electron chi connectivity index (χ2n) is 4.96. The summed E-state index contributed by atoms with van der Waals surface area (Å²) >= 11 is 0.138. The second kappa shape index (κ2) is 7.34. The van der Waals surface area contributed by atoms with Crippen LogP contribution in [0.3, 0.4) is 0 Å². The maximum atomic E-state index is 11.2. The van der Waals surface area contributed by atoms with Crippen LogP contribution in [0.5, 0.6) is 11.5 Å². The third-order valence-corrected chi connectivity index (χ3v) is 5.35. The van der Waals surface area contributed by atoms with E-state index in [2.05, 4.69) is 9.92 Å². The van der Waals surface area contributed by atoms with Crippen LogP contribution in [0.2, 0.25) is 0 Å². The first-order valence-corrected chi connectivity index (χ1v) is 9.06. The molecule has 3 aromatic rings. The number of carboxylic acid groups (broad SMARTS) is 1. The standard InChI is InChI=1S/C18H15NO4Se/c1-22-14-8-6-12(7-9-14)17-19-13(11-24-17)10-23-16-5-3-2-4-15(16)18(20)21/h2-9,11H,10H2,1H3,(H,20,21). The summed E-state index contributed by atoms with van der Waals surface area (Å²) in [6.45, 7) is 0.256. The number of aromatic carboxylic acids is 1. The Morgan fingerprint density at radius 1 is 1.17 bits per heavy atom. The first kappa shape index (κ1) is 16.3. The van der Waals surface area contributed by atoms with Gasteiger partial charge in [-0.05, 0) is 0 Å². The van der Waals surface area contributed by atoms with E-state index in [0.717, 1.165) is 21.6 Å². The van der Waals surface area contributed by atoms with E-state index in [4.69, 9.17) is 14.6 Å². The molecule has 0 radical (unpaired) electrons. The van der Waals surface area contributed by atoms with E-state index >= 15 is 0 Å². The minimum atomic E-state index is -1.00. The molecule has 0 spiro atoms. The quantitative estimate of drug-likeness (QED) is 0.658. The van der Waals surface area contributed by atoms with Crippen LogP contribution in [0.15, 0.2) is 53.5 Å². The number of aromatic nitrogens is 1. The Labute approximate surface area is 145 Å². The van der Waals surface area contributed by atoms with Crippen LogP contribution in [-0.4, -0.2) is 37.7 Å². The Kier molecular flexibility index (Phi) is 4.99. The van der Waals surface area contributed by atoms with Crippen molar-refractivity contribution in [2.45, 2.75) is 6.61 Å². The van der Waals surface area contributed by atoms with Crippen molar-refractivity contribution in [3.05, 3.63) is 64.7 Å². The van der Waals surface area contributed by atoms with Gasteiger partial charge in [-0.3, -0.25) is 0 Å². The van der Waals surface area contributed by atoms with Gasteiger partial charge in [0.25, 0.3) is 0 Å². The summed E-state index contributed by atoms with van der Waals surface area (Å²) in [6, 6.07) is 14.4. The number of hydrogen-bond acceptors (Lipinski definition) is 4. The zero-order chi connectivity index (χ0) is 16.9. The van der Waals surface area contributed by atoms with Gasteiger partial charge in [0.05, 0.1) is 0 Å². The van der Waals surface area contributed by atoms with Gasteiger partial charge < -0.3 is 0 Å². The Morgan fingerprint density at radius 2 is 1.92 bits per heavy atom. The summed E-state index contributed by atoms with van der Waals surface area (Å²) in [5.41, 5.74) is 2.04. The van der Waals surface area contributed by atoms with E-state index in [1.807, 2.05) is 24.3 Å². The van der Waals surface area contributed by atoms with Crippen molar-refractivity contribution in [3.63, 3.8) is 0 Å². The molecule has 0 saturated carbocycles. The van der Waals surface area contributed by atoms with Gasteiger partial charge in [-0.15, -0.1) is 0 Å². The molecule has 5 nitrogen and oxygen atoms in total. The summed E-state index contributed by atoms with van der Waals surface area (Å²) in [7, 11) is 1.64. The molecule has 0 aliphatic carbocycles. The van der Waals surface area contributed by atoms with Crippen LogP contribution in [0.4, 0.5) is 0 Å². The number of benzene rings is 2. The third-order valence-electron chi connectivity index (χ3n) is 3.38. The monoisotopic (exact) mass is 389 g/mol. The van der Waals surface area contributed by atoms with E-state index < -0.39 is 5.97 Å². The van der Waals surface area contributed by atoms with E-state index in [0.29, 0.717) is 5.75 Å². The fourth-order valence-electron chi connectivity index (χ4n) is 2.16. The number of nitrogens with zero attached hydrogens (tertiary/aromatic N) is 1. The van der Waals surface area contributed by atoms with Crippen molar-refractivity contribution >= 4 is 20.5 Å². The van der Waals surface area contributed by atoms with Crippen LogP contribution >= 0.6 is 0 Å². The van der Waals surface area contributed by atoms with Gasteiger partial charge in [0.2, 0.25) is 0 Å². The molecule has 1 N–H and O–H groups in total. The predicted octanol–water partition coefficient (Wildman–Crippen LogP) is 3.09. The second-order valence-corrected chi connectivity index (χ2v) is 6.76. The van der Waals surface area contributed by atoms with Crippen LogP contribution in [0, 0.1) is 0 Å². The van der Waals surface area contributed by atoms with Gasteiger partial charge in [0, 0.05) is 0 Å². The predicted molar refractivity (Wildman–Crippen MR) is 90.9 cm³/mol. The molecule has 0 aliphatic rings. The summed E-state index contributed by atoms with van der Waals surface area (Å²) in [4.78, 5) is 17.8. The van der Waals surface area contributed by atoms with Crippen molar-refractivity contribution < 1.29 is 19.4 Å². The molecule has 0 saturated heterocycles. The molecule has 0 amide bonds. The molecular weight excluding hydrogens is 373 g/mol. The maximum absolute atomic E-state index is 11.2. The topological polar surface area (TPSA) is 68.7 Å². The van der Waals surface area contributed by atoms with Crippen molar-refractivity contribution in [2.24, 2.45) is 0 Å². The third kappa shape index (κ3) is 3.67. The SMILES string of the molecule is COc1ccc(-c2nc(COc3ccccc3C(=O)O)c[se]2)cc1. The van der Waals surface area contributed by atoms with Gasteiger partial charge in [0.1, 0.15) is 0 Å². The number of rotatable bonds is 6. The van der Waals surface area contributed by atoms with Crippen LogP contribution in [0.1, 0.15) is 16.1 Å². The molecule has 0 bridgehead atoms. The van der Waals surface area contributed by atoms with Crippen molar-refractivity contribution in [2.75, 3.05) is 7.11 Å². The van der Waals surface area contributed by atoms with Crippen LogP contribution < -0.4 is 9.47 Å². The molecule has 1 heterocycles. The summed E-state index contributed by atoms with van der Waals surface area (Å²) in [5.74, 6) is 0.163. The molecule has 6 heteroatoms. The first-order valence-electron chi connectivity index (χ1n) is 7.21. The minimum absolute atomic E-state index is 0.138. The number of carbonyl (C=O) groups is 1. The van der Waals surface area contributed by atoms with Gasteiger partial charge in [-0.1, -0.05) is 0 Å². The summed E-state index contributed by atoms with van der Waals surface area (Å²) in [6.07, 6.45) is 0.